The average Bonchev–Trinajstić information content (AvgIpc) is 2.66. The molecule has 0 N–H and O–H groups in total. The molecule has 0 saturated heterocycles. The van der Waals surface area contributed by atoms with Crippen molar-refractivity contribution in [3.8, 4) is 0 Å². The van der Waals surface area contributed by atoms with Crippen LogP contribution in [0.5, 0.6) is 0 Å². The van der Waals surface area contributed by atoms with E-state index >= 15 is 0 Å². The van der Waals surface area contributed by atoms with Gasteiger partial charge in [-0.1, -0.05) is 51.1 Å². The number of ketones is 1. The minimum atomic E-state index is -3.68. The van der Waals surface area contributed by atoms with Gasteiger partial charge in [-0.25, -0.2) is 17.5 Å². The van der Waals surface area contributed by atoms with Crippen molar-refractivity contribution in [2.45, 2.75) is 44.1 Å². The standard InChI is InChI=1S/C22H27NO5S/c1-15(20(24)16-10-12-18(13-11-16)22(2,3)4)28-21(25)17-8-7-9-19(14-17)29(26,27)23(5)6/h7-15H,1-6H3/t15-/m0/s1. The van der Waals surface area contributed by atoms with Crippen LogP contribution < -0.4 is 0 Å². The van der Waals surface area contributed by atoms with Crippen molar-refractivity contribution >= 4 is 21.8 Å². The molecule has 2 aromatic carbocycles. The lowest BCUT2D eigenvalue weighted by molar-refractivity contribution is 0.0318. The highest BCUT2D eigenvalue weighted by molar-refractivity contribution is 7.89. The van der Waals surface area contributed by atoms with E-state index in [1.165, 1.54) is 45.3 Å². The first-order chi connectivity index (χ1) is 13.3. The van der Waals surface area contributed by atoms with Gasteiger partial charge in [0.05, 0.1) is 10.5 Å². The summed E-state index contributed by atoms with van der Waals surface area (Å²) in [5, 5.41) is 0. The number of sulfonamides is 1. The van der Waals surface area contributed by atoms with Crippen LogP contribution in [0.15, 0.2) is 53.4 Å². The number of nitrogens with zero attached hydrogens (tertiary/aromatic N) is 1. The van der Waals surface area contributed by atoms with E-state index < -0.39 is 22.1 Å². The molecule has 2 aromatic rings. The van der Waals surface area contributed by atoms with Crippen LogP contribution in [0.3, 0.4) is 0 Å². The third-order valence-electron chi connectivity index (χ3n) is 4.54. The van der Waals surface area contributed by atoms with Gasteiger partial charge in [0, 0.05) is 19.7 Å². The van der Waals surface area contributed by atoms with Crippen molar-refractivity contribution in [3.63, 3.8) is 0 Å². The summed E-state index contributed by atoms with van der Waals surface area (Å²) in [6.45, 7) is 7.74. The van der Waals surface area contributed by atoms with Gasteiger partial charge in [-0.15, -0.1) is 0 Å². The molecule has 0 fully saturated rings. The topological polar surface area (TPSA) is 80.8 Å². The summed E-state index contributed by atoms with van der Waals surface area (Å²) in [5.74, 6) is -1.08. The largest absolute Gasteiger partial charge is 0.451 e. The Morgan fingerprint density at radius 2 is 1.55 bits per heavy atom. The second-order valence-electron chi connectivity index (χ2n) is 8.05. The third-order valence-corrected chi connectivity index (χ3v) is 6.35. The summed E-state index contributed by atoms with van der Waals surface area (Å²) in [6.07, 6.45) is -1.00. The highest BCUT2D eigenvalue weighted by atomic mass is 32.2. The van der Waals surface area contributed by atoms with Crippen molar-refractivity contribution in [2.75, 3.05) is 14.1 Å². The summed E-state index contributed by atoms with van der Waals surface area (Å²) in [6, 6.07) is 12.8. The fourth-order valence-electron chi connectivity index (χ4n) is 2.65. The predicted molar refractivity (Wildman–Crippen MR) is 112 cm³/mol. The number of hydrogen-bond acceptors (Lipinski definition) is 5. The van der Waals surface area contributed by atoms with Crippen LogP contribution in [0.4, 0.5) is 0 Å². The van der Waals surface area contributed by atoms with Gasteiger partial charge in [-0.05, 0) is 36.1 Å². The third kappa shape index (κ3) is 5.31. The first kappa shape index (κ1) is 22.8. The molecule has 0 aromatic heterocycles. The van der Waals surface area contributed by atoms with Crippen LogP contribution in [-0.2, 0) is 20.2 Å². The molecule has 156 valence electrons. The molecule has 0 aliphatic heterocycles. The first-order valence-corrected chi connectivity index (χ1v) is 10.7. The number of esters is 1. The van der Waals surface area contributed by atoms with Crippen LogP contribution in [0, 0.1) is 0 Å². The smallest absolute Gasteiger partial charge is 0.338 e. The monoisotopic (exact) mass is 417 g/mol. The normalized spacial score (nSPS) is 13.2. The maximum Gasteiger partial charge on any atom is 0.338 e. The Morgan fingerprint density at radius 1 is 0.966 bits per heavy atom. The van der Waals surface area contributed by atoms with Gasteiger partial charge in [0.2, 0.25) is 15.8 Å². The van der Waals surface area contributed by atoms with Gasteiger partial charge >= 0.3 is 5.97 Å². The summed E-state index contributed by atoms with van der Waals surface area (Å²) < 4.78 is 30.8. The maximum absolute atomic E-state index is 12.6. The molecule has 7 heteroatoms. The molecule has 0 bridgehead atoms. The molecule has 0 aliphatic carbocycles. The molecule has 0 spiro atoms. The van der Waals surface area contributed by atoms with Gasteiger partial charge in [-0.3, -0.25) is 4.79 Å². The molecular formula is C22H27NO5S. The van der Waals surface area contributed by atoms with Crippen LogP contribution >= 0.6 is 0 Å². The Hall–Kier alpha value is -2.51. The van der Waals surface area contributed by atoms with Crippen LogP contribution in [-0.4, -0.2) is 44.7 Å². The summed E-state index contributed by atoms with van der Waals surface area (Å²) in [7, 11) is -0.861. The summed E-state index contributed by atoms with van der Waals surface area (Å²) in [5.41, 5.74) is 1.58. The lowest BCUT2D eigenvalue weighted by atomic mass is 9.86. The van der Waals surface area contributed by atoms with Crippen molar-refractivity contribution in [1.29, 1.82) is 0 Å². The van der Waals surface area contributed by atoms with E-state index in [4.69, 9.17) is 4.74 Å². The van der Waals surface area contributed by atoms with Gasteiger partial charge in [0.1, 0.15) is 0 Å². The average molecular weight is 418 g/mol. The molecule has 0 aliphatic rings. The highest BCUT2D eigenvalue weighted by Crippen LogP contribution is 2.23. The number of rotatable bonds is 6. The first-order valence-electron chi connectivity index (χ1n) is 9.22. The van der Waals surface area contributed by atoms with Crippen LogP contribution in [0.2, 0.25) is 0 Å². The number of Topliss-reactive ketones (excluding diaryl/α,β-unsaturated/α-hetero) is 1. The summed E-state index contributed by atoms with van der Waals surface area (Å²) in [4.78, 5) is 25.0. The number of carbonyl (C=O) groups excluding carboxylic acids is 2. The second kappa shape index (κ2) is 8.47. The molecule has 1 atom stereocenters. The summed E-state index contributed by atoms with van der Waals surface area (Å²) >= 11 is 0. The second-order valence-corrected chi connectivity index (χ2v) is 10.2. The lowest BCUT2D eigenvalue weighted by Gasteiger charge is -2.19. The fourth-order valence-corrected chi connectivity index (χ4v) is 3.59. The van der Waals surface area contributed by atoms with Crippen LogP contribution in [0.25, 0.3) is 0 Å². The Morgan fingerprint density at radius 3 is 2.07 bits per heavy atom. The van der Waals surface area contributed by atoms with E-state index in [1.54, 1.807) is 12.1 Å². The Balaban J connectivity index is 2.16. The Kier molecular flexibility index (Phi) is 6.65. The maximum atomic E-state index is 12.6. The zero-order valence-electron chi connectivity index (χ0n) is 17.6. The SMILES string of the molecule is C[C@H](OC(=O)c1cccc(S(=O)(=O)N(C)C)c1)C(=O)c1ccc(C(C)(C)C)cc1. The van der Waals surface area contributed by atoms with Crippen molar-refractivity contribution in [3.05, 3.63) is 65.2 Å². The Bertz CT molecular complexity index is 1000. The molecule has 29 heavy (non-hydrogen) atoms. The minimum absolute atomic E-state index is 0.0197. The van der Waals surface area contributed by atoms with E-state index in [9.17, 15) is 18.0 Å². The zero-order chi connectivity index (χ0) is 22.0. The lowest BCUT2D eigenvalue weighted by Crippen LogP contribution is -2.25. The van der Waals surface area contributed by atoms with Crippen molar-refractivity contribution < 1.29 is 22.7 Å². The van der Waals surface area contributed by atoms with E-state index in [0.717, 1.165) is 9.87 Å². The molecule has 0 saturated carbocycles. The number of ether oxygens (including phenoxy) is 1. The van der Waals surface area contributed by atoms with Crippen LogP contribution in [0.1, 0.15) is 54.0 Å². The van der Waals surface area contributed by atoms with Crippen molar-refractivity contribution in [2.24, 2.45) is 0 Å². The van der Waals surface area contributed by atoms with E-state index in [1.807, 2.05) is 12.1 Å². The van der Waals surface area contributed by atoms with Gasteiger partial charge in [0.15, 0.2) is 6.10 Å². The minimum Gasteiger partial charge on any atom is -0.451 e. The molecule has 0 radical (unpaired) electrons. The van der Waals surface area contributed by atoms with Crippen molar-refractivity contribution in [1.82, 2.24) is 4.31 Å². The molecule has 0 amide bonds. The quantitative estimate of drug-likeness (QED) is 0.529. The molecule has 0 heterocycles. The zero-order valence-corrected chi connectivity index (χ0v) is 18.4. The molecule has 6 nitrogen and oxygen atoms in total. The molecule has 2 rings (SSSR count). The molecular weight excluding hydrogens is 390 g/mol. The fraction of sp³-hybridized carbons (Fsp3) is 0.364. The van der Waals surface area contributed by atoms with E-state index in [0.29, 0.717) is 5.56 Å². The van der Waals surface area contributed by atoms with E-state index in [-0.39, 0.29) is 21.7 Å². The van der Waals surface area contributed by atoms with E-state index in [2.05, 4.69) is 20.8 Å². The van der Waals surface area contributed by atoms with Gasteiger partial charge in [-0.2, -0.15) is 0 Å². The number of benzene rings is 2. The highest BCUT2D eigenvalue weighted by Gasteiger charge is 2.23. The number of hydrogen-bond donors (Lipinski definition) is 0. The number of carbonyl (C=O) groups is 2. The van der Waals surface area contributed by atoms with Gasteiger partial charge < -0.3 is 4.74 Å². The molecule has 0 unspecified atom stereocenters. The van der Waals surface area contributed by atoms with Gasteiger partial charge in [0.25, 0.3) is 0 Å². The predicted octanol–water partition coefficient (Wildman–Crippen LogP) is 3.66. The Labute approximate surface area is 172 Å².